The number of hydrogen-bond donors (Lipinski definition) is 3. The summed E-state index contributed by atoms with van der Waals surface area (Å²) in [5.41, 5.74) is 6.68. The summed E-state index contributed by atoms with van der Waals surface area (Å²) in [6.45, 7) is 2.38. The van der Waals surface area contributed by atoms with Gasteiger partial charge in [0.15, 0.2) is 34.6 Å². The molecule has 0 fully saturated rings. The second kappa shape index (κ2) is 12.1. The Morgan fingerprint density at radius 1 is 1.03 bits per heavy atom. The summed E-state index contributed by atoms with van der Waals surface area (Å²) in [5, 5.41) is 21.6. The number of terminal acetylenes is 1. The molecule has 4 N–H and O–H groups in total. The van der Waals surface area contributed by atoms with E-state index < -0.39 is 17.7 Å². The number of ketones is 2. The van der Waals surface area contributed by atoms with Crippen molar-refractivity contribution in [1.29, 1.82) is 0 Å². The van der Waals surface area contributed by atoms with E-state index in [2.05, 4.69) is 5.92 Å². The van der Waals surface area contributed by atoms with Crippen LogP contribution in [0.4, 0.5) is 5.69 Å². The largest absolute Gasteiger partial charge is 0.504 e. The van der Waals surface area contributed by atoms with Gasteiger partial charge in [0.2, 0.25) is 5.91 Å². The Hall–Kier alpha value is -3.68. The highest BCUT2D eigenvalue weighted by atomic mass is 32.2. The van der Waals surface area contributed by atoms with E-state index in [1.165, 1.54) is 64.1 Å². The van der Waals surface area contributed by atoms with Crippen LogP contribution >= 0.6 is 11.8 Å². The number of rotatable bonds is 11. The fourth-order valence-corrected chi connectivity index (χ4v) is 3.90. The summed E-state index contributed by atoms with van der Waals surface area (Å²) in [6.07, 6.45) is 5.27. The Morgan fingerprint density at radius 2 is 1.57 bits per heavy atom. The molecule has 2 aromatic rings. The average molecular weight is 501 g/mol. The molecule has 0 aliphatic heterocycles. The molecule has 0 spiro atoms. The van der Waals surface area contributed by atoms with Crippen LogP contribution in [0.15, 0.2) is 24.3 Å². The Balaban J connectivity index is 2.70. The van der Waals surface area contributed by atoms with E-state index in [1.54, 1.807) is 0 Å². The third-order valence-electron chi connectivity index (χ3n) is 5.15. The molecule has 1 unspecified atom stereocenters. The van der Waals surface area contributed by atoms with Gasteiger partial charge in [0.05, 0.1) is 38.2 Å². The van der Waals surface area contributed by atoms with Gasteiger partial charge in [-0.3, -0.25) is 14.4 Å². The molecular weight excluding hydrogens is 472 g/mol. The second-order valence-electron chi connectivity index (χ2n) is 7.59. The van der Waals surface area contributed by atoms with E-state index in [9.17, 15) is 24.6 Å². The van der Waals surface area contributed by atoms with Gasteiger partial charge in [-0.25, -0.2) is 0 Å². The van der Waals surface area contributed by atoms with Crippen molar-refractivity contribution in [3.05, 3.63) is 41.0 Å². The fourth-order valence-electron chi connectivity index (χ4n) is 3.27. The number of methoxy groups -OCH3 is 2. The number of phenolic OH excluding ortho intramolecular Hbond substituents is 2. The number of amides is 1. The SMILES string of the molecule is C#CCSCC(N)C(=O)N(Cc1cc(C(C)=O)cc(OC)c1O)c1cc(C(C)=O)cc(OC)c1O. The van der Waals surface area contributed by atoms with Gasteiger partial charge in [0.1, 0.15) is 0 Å². The van der Waals surface area contributed by atoms with Crippen molar-refractivity contribution in [2.45, 2.75) is 26.4 Å². The fraction of sp³-hybridized carbons (Fsp3) is 0.320. The van der Waals surface area contributed by atoms with Crippen LogP contribution in [0.3, 0.4) is 0 Å². The van der Waals surface area contributed by atoms with Crippen LogP contribution in [0.2, 0.25) is 0 Å². The minimum Gasteiger partial charge on any atom is -0.504 e. The van der Waals surface area contributed by atoms with Crippen LogP contribution < -0.4 is 20.1 Å². The predicted octanol–water partition coefficient (Wildman–Crippen LogP) is 2.75. The van der Waals surface area contributed by atoms with Crippen LogP contribution in [-0.4, -0.2) is 59.5 Å². The molecule has 0 heterocycles. The number of thioether (sulfide) groups is 1. The van der Waals surface area contributed by atoms with E-state index in [4.69, 9.17) is 21.6 Å². The zero-order valence-corrected chi connectivity index (χ0v) is 20.8. The lowest BCUT2D eigenvalue weighted by molar-refractivity contribution is -0.119. The molecule has 35 heavy (non-hydrogen) atoms. The van der Waals surface area contributed by atoms with Crippen molar-refractivity contribution in [1.82, 2.24) is 0 Å². The number of hydrogen-bond acceptors (Lipinski definition) is 9. The van der Waals surface area contributed by atoms with Crippen molar-refractivity contribution < 1.29 is 34.1 Å². The Bertz CT molecular complexity index is 1170. The molecule has 2 aromatic carbocycles. The number of phenols is 2. The van der Waals surface area contributed by atoms with Crippen LogP contribution in [0.25, 0.3) is 0 Å². The summed E-state index contributed by atoms with van der Waals surface area (Å²) in [7, 11) is 2.64. The quantitative estimate of drug-likeness (QED) is 0.241. The monoisotopic (exact) mass is 500 g/mol. The second-order valence-corrected chi connectivity index (χ2v) is 8.63. The number of nitrogens with zero attached hydrogens (tertiary/aromatic N) is 1. The number of carbonyl (C=O) groups excluding carboxylic acids is 3. The van der Waals surface area contributed by atoms with Crippen molar-refractivity contribution in [3.63, 3.8) is 0 Å². The van der Waals surface area contributed by atoms with Crippen molar-refractivity contribution in [2.24, 2.45) is 5.73 Å². The number of benzene rings is 2. The van der Waals surface area contributed by atoms with Crippen molar-refractivity contribution in [3.8, 4) is 35.3 Å². The van der Waals surface area contributed by atoms with Crippen LogP contribution in [-0.2, 0) is 11.3 Å². The maximum Gasteiger partial charge on any atom is 0.245 e. The first-order valence-electron chi connectivity index (χ1n) is 10.5. The van der Waals surface area contributed by atoms with Gasteiger partial charge >= 0.3 is 0 Å². The van der Waals surface area contributed by atoms with E-state index in [1.807, 2.05) is 0 Å². The lowest BCUT2D eigenvalue weighted by atomic mass is 10.0. The third kappa shape index (κ3) is 6.47. The summed E-state index contributed by atoms with van der Waals surface area (Å²) in [5.74, 6) is 1.08. The number of aromatic hydroxyl groups is 2. The number of Topliss-reactive ketones (excluding diaryl/α,β-unsaturated/α-hetero) is 2. The molecule has 10 heteroatoms. The maximum absolute atomic E-state index is 13.5. The first kappa shape index (κ1) is 27.6. The lowest BCUT2D eigenvalue weighted by Gasteiger charge is -2.28. The van der Waals surface area contributed by atoms with Crippen LogP contribution in [0.1, 0.15) is 40.1 Å². The Morgan fingerprint density at radius 3 is 2.09 bits per heavy atom. The summed E-state index contributed by atoms with van der Waals surface area (Å²) < 4.78 is 10.4. The van der Waals surface area contributed by atoms with Gasteiger partial charge in [-0.15, -0.1) is 18.2 Å². The first-order valence-corrected chi connectivity index (χ1v) is 11.6. The molecule has 9 nitrogen and oxygen atoms in total. The molecule has 0 radical (unpaired) electrons. The topological polar surface area (TPSA) is 139 Å². The first-order chi connectivity index (χ1) is 16.5. The standard InChI is InChI=1S/C25H28N2O7S/c1-6-7-35-13-19(26)25(32)27(20-9-17(15(3)29)11-22(34-5)24(20)31)12-18-8-16(14(2)28)10-21(33-4)23(18)30/h1,8-11,19,30-31H,7,12-13,26H2,2-5H3. The lowest BCUT2D eigenvalue weighted by Crippen LogP contribution is -2.45. The van der Waals surface area contributed by atoms with Gasteiger partial charge in [0, 0.05) is 22.4 Å². The van der Waals surface area contributed by atoms with E-state index in [0.29, 0.717) is 5.75 Å². The molecule has 186 valence electrons. The van der Waals surface area contributed by atoms with Gasteiger partial charge in [-0.05, 0) is 38.1 Å². The van der Waals surface area contributed by atoms with Crippen molar-refractivity contribution in [2.75, 3.05) is 30.6 Å². The molecule has 0 aliphatic rings. The smallest absolute Gasteiger partial charge is 0.245 e. The highest BCUT2D eigenvalue weighted by molar-refractivity contribution is 7.99. The predicted molar refractivity (Wildman–Crippen MR) is 135 cm³/mol. The van der Waals surface area contributed by atoms with E-state index in [-0.39, 0.29) is 63.5 Å². The summed E-state index contributed by atoms with van der Waals surface area (Å²) in [4.78, 5) is 38.7. The van der Waals surface area contributed by atoms with Gasteiger partial charge < -0.3 is 30.3 Å². The molecule has 1 atom stereocenters. The number of carbonyl (C=O) groups is 3. The molecule has 1 amide bonds. The number of ether oxygens (including phenoxy) is 2. The molecule has 0 saturated heterocycles. The molecule has 0 aliphatic carbocycles. The van der Waals surface area contributed by atoms with Gasteiger partial charge in [-0.2, -0.15) is 0 Å². The Labute approximate surface area is 208 Å². The van der Waals surface area contributed by atoms with Crippen LogP contribution in [0, 0.1) is 12.3 Å². The summed E-state index contributed by atoms with van der Waals surface area (Å²) >= 11 is 1.28. The highest BCUT2D eigenvalue weighted by Gasteiger charge is 2.29. The molecular formula is C25H28N2O7S. The van der Waals surface area contributed by atoms with E-state index >= 15 is 0 Å². The molecule has 2 rings (SSSR count). The minimum atomic E-state index is -1.03. The third-order valence-corrected chi connectivity index (χ3v) is 6.11. The van der Waals surface area contributed by atoms with Crippen molar-refractivity contribution >= 4 is 34.9 Å². The van der Waals surface area contributed by atoms with Gasteiger partial charge in [-0.1, -0.05) is 5.92 Å². The normalized spacial score (nSPS) is 11.3. The highest BCUT2D eigenvalue weighted by Crippen LogP contribution is 2.40. The maximum atomic E-state index is 13.5. The van der Waals surface area contributed by atoms with E-state index in [0.717, 1.165) is 4.90 Å². The Kier molecular flexibility index (Phi) is 9.57. The number of anilines is 1. The molecule has 0 aromatic heterocycles. The zero-order valence-electron chi connectivity index (χ0n) is 20.0. The molecule has 0 saturated carbocycles. The summed E-state index contributed by atoms with van der Waals surface area (Å²) in [6, 6.07) is 4.46. The number of nitrogens with two attached hydrogens (primary N) is 1. The van der Waals surface area contributed by atoms with Gasteiger partial charge in [0.25, 0.3) is 0 Å². The minimum absolute atomic E-state index is 0.0277. The zero-order chi connectivity index (χ0) is 26.3. The van der Waals surface area contributed by atoms with Crippen LogP contribution in [0.5, 0.6) is 23.0 Å². The average Bonchev–Trinajstić information content (AvgIpc) is 2.83. The molecule has 0 bridgehead atoms.